The Morgan fingerprint density at radius 2 is 1.22 bits per heavy atom. The van der Waals surface area contributed by atoms with E-state index in [2.05, 4.69) is 128 Å². The molecule has 0 fully saturated rings. The molecule has 196 valence electrons. The van der Waals surface area contributed by atoms with E-state index < -0.39 is 0 Å². The number of hydrogen-bond donors (Lipinski definition) is 0. The zero-order valence-corrected chi connectivity index (χ0v) is 23.0. The largest absolute Gasteiger partial charge is 0.228 e. The van der Waals surface area contributed by atoms with Crippen LogP contribution in [-0.4, -0.2) is 9.97 Å². The van der Waals surface area contributed by atoms with E-state index in [0.717, 1.165) is 39.2 Å². The van der Waals surface area contributed by atoms with Gasteiger partial charge in [0.25, 0.3) is 0 Å². The topological polar surface area (TPSA) is 25.8 Å². The van der Waals surface area contributed by atoms with Crippen molar-refractivity contribution in [1.82, 2.24) is 9.97 Å². The average Bonchev–Trinajstić information content (AvgIpc) is 3.05. The van der Waals surface area contributed by atoms with Gasteiger partial charge in [0.2, 0.25) is 0 Å². The van der Waals surface area contributed by atoms with E-state index in [1.165, 1.54) is 21.9 Å². The highest BCUT2D eigenvalue weighted by molar-refractivity contribution is 5.87. The third kappa shape index (κ3) is 5.68. The van der Waals surface area contributed by atoms with Crippen LogP contribution < -0.4 is 0 Å². The van der Waals surface area contributed by atoms with Gasteiger partial charge in [0.15, 0.2) is 5.82 Å². The Morgan fingerprint density at radius 3 is 1.98 bits per heavy atom. The highest BCUT2D eigenvalue weighted by atomic mass is 14.9. The van der Waals surface area contributed by atoms with E-state index in [9.17, 15) is 0 Å². The zero-order chi connectivity index (χ0) is 28.0. The Kier molecular flexibility index (Phi) is 7.46. The third-order valence-corrected chi connectivity index (χ3v) is 7.24. The highest BCUT2D eigenvalue weighted by Gasteiger charge is 2.12. The molecule has 5 aromatic carbocycles. The van der Waals surface area contributed by atoms with Crippen LogP contribution in [0.3, 0.4) is 0 Å². The number of fused-ring (bicyclic) bond motifs is 1. The molecule has 41 heavy (non-hydrogen) atoms. The van der Waals surface area contributed by atoms with Crippen LogP contribution in [0.2, 0.25) is 0 Å². The first-order valence-electron chi connectivity index (χ1n) is 13.8. The van der Waals surface area contributed by atoms with Crippen molar-refractivity contribution in [3.8, 4) is 45.0 Å². The molecule has 0 aliphatic rings. The van der Waals surface area contributed by atoms with Crippen molar-refractivity contribution in [3.05, 3.63) is 164 Å². The molecule has 1 heterocycles. The SMILES string of the molecule is C=C/C=C\C(=C/C)c1cccc(-c2cc(-c3ccc(-c4ccc5ccccc5c4)cc3)nc(-c3ccccc3)n2)c1. The van der Waals surface area contributed by atoms with E-state index in [-0.39, 0.29) is 0 Å². The lowest BCUT2D eigenvalue weighted by Gasteiger charge is -2.11. The van der Waals surface area contributed by atoms with Crippen molar-refractivity contribution < 1.29 is 0 Å². The van der Waals surface area contributed by atoms with Gasteiger partial charge in [0.05, 0.1) is 11.4 Å². The molecule has 0 amide bonds. The van der Waals surface area contributed by atoms with Crippen molar-refractivity contribution in [2.45, 2.75) is 6.92 Å². The van der Waals surface area contributed by atoms with Gasteiger partial charge in [-0.3, -0.25) is 0 Å². The quantitative estimate of drug-likeness (QED) is 0.193. The van der Waals surface area contributed by atoms with Crippen molar-refractivity contribution in [3.63, 3.8) is 0 Å². The van der Waals surface area contributed by atoms with Gasteiger partial charge in [-0.25, -0.2) is 9.97 Å². The number of allylic oxidation sites excluding steroid dienone is 5. The van der Waals surface area contributed by atoms with E-state index in [1.807, 2.05) is 31.2 Å². The molecule has 2 heteroatoms. The molecule has 0 atom stereocenters. The van der Waals surface area contributed by atoms with Crippen molar-refractivity contribution in [1.29, 1.82) is 0 Å². The van der Waals surface area contributed by atoms with Crippen LogP contribution in [0.25, 0.3) is 61.4 Å². The highest BCUT2D eigenvalue weighted by Crippen LogP contribution is 2.31. The maximum absolute atomic E-state index is 5.02. The van der Waals surface area contributed by atoms with Crippen molar-refractivity contribution >= 4 is 16.3 Å². The van der Waals surface area contributed by atoms with Gasteiger partial charge in [-0.1, -0.05) is 140 Å². The van der Waals surface area contributed by atoms with Crippen LogP contribution >= 0.6 is 0 Å². The fourth-order valence-electron chi connectivity index (χ4n) is 5.05. The minimum absolute atomic E-state index is 0.708. The van der Waals surface area contributed by atoms with Crippen molar-refractivity contribution in [2.75, 3.05) is 0 Å². The third-order valence-electron chi connectivity index (χ3n) is 7.24. The van der Waals surface area contributed by atoms with Crippen LogP contribution in [0.5, 0.6) is 0 Å². The Morgan fingerprint density at radius 1 is 0.561 bits per heavy atom. The summed E-state index contributed by atoms with van der Waals surface area (Å²) < 4.78 is 0. The summed E-state index contributed by atoms with van der Waals surface area (Å²) in [5.41, 5.74) is 9.50. The lowest BCUT2D eigenvalue weighted by atomic mass is 9.98. The van der Waals surface area contributed by atoms with Gasteiger partial charge in [-0.05, 0) is 58.2 Å². The molecule has 0 saturated carbocycles. The van der Waals surface area contributed by atoms with Crippen LogP contribution in [-0.2, 0) is 0 Å². The summed E-state index contributed by atoms with van der Waals surface area (Å²) in [6.45, 7) is 5.86. The molecule has 6 rings (SSSR count). The van der Waals surface area contributed by atoms with Gasteiger partial charge in [0, 0.05) is 16.7 Å². The molecule has 0 unspecified atom stereocenters. The number of rotatable bonds is 7. The zero-order valence-electron chi connectivity index (χ0n) is 23.0. The minimum Gasteiger partial charge on any atom is -0.228 e. The predicted molar refractivity (Wildman–Crippen MR) is 174 cm³/mol. The summed E-state index contributed by atoms with van der Waals surface area (Å²) in [7, 11) is 0. The standard InChI is InChI=1S/C39H30N2/c1-3-5-12-28(4-2)33-17-11-18-36(26-33)38-27-37(40-39(41-38)32-14-7-6-8-15-32)31-22-19-30(20-23-31)35-24-21-29-13-9-10-16-34(29)25-35/h3-27H,1H2,2H3/b12-5-,28-4+. The fraction of sp³-hybridized carbons (Fsp3) is 0.0256. The van der Waals surface area contributed by atoms with E-state index in [0.29, 0.717) is 5.82 Å². The Bertz CT molecular complexity index is 1890. The molecule has 0 aliphatic heterocycles. The fourth-order valence-corrected chi connectivity index (χ4v) is 5.05. The summed E-state index contributed by atoms with van der Waals surface area (Å²) in [6.07, 6.45) is 7.93. The first-order valence-corrected chi connectivity index (χ1v) is 13.8. The lowest BCUT2D eigenvalue weighted by molar-refractivity contribution is 1.18. The monoisotopic (exact) mass is 526 g/mol. The van der Waals surface area contributed by atoms with Gasteiger partial charge in [-0.2, -0.15) is 0 Å². The van der Waals surface area contributed by atoms with Crippen LogP contribution in [0.15, 0.2) is 158 Å². The molecular weight excluding hydrogens is 496 g/mol. The van der Waals surface area contributed by atoms with Crippen LogP contribution in [0, 0.1) is 0 Å². The van der Waals surface area contributed by atoms with Crippen LogP contribution in [0.1, 0.15) is 12.5 Å². The Balaban J connectivity index is 1.42. The van der Waals surface area contributed by atoms with Gasteiger partial charge in [0.1, 0.15) is 0 Å². The van der Waals surface area contributed by atoms with E-state index in [4.69, 9.17) is 9.97 Å². The smallest absolute Gasteiger partial charge is 0.160 e. The molecule has 0 saturated heterocycles. The first kappa shape index (κ1) is 25.9. The normalized spacial score (nSPS) is 11.7. The molecule has 1 aromatic heterocycles. The molecule has 2 nitrogen and oxygen atoms in total. The van der Waals surface area contributed by atoms with Crippen molar-refractivity contribution in [2.24, 2.45) is 0 Å². The summed E-state index contributed by atoms with van der Waals surface area (Å²) in [4.78, 5) is 10.0. The number of hydrogen-bond acceptors (Lipinski definition) is 2. The maximum Gasteiger partial charge on any atom is 0.160 e. The molecule has 0 aliphatic carbocycles. The summed E-state index contributed by atoms with van der Waals surface area (Å²) in [5.74, 6) is 0.708. The number of benzene rings is 5. The number of aromatic nitrogens is 2. The average molecular weight is 527 g/mol. The maximum atomic E-state index is 5.02. The van der Waals surface area contributed by atoms with E-state index >= 15 is 0 Å². The van der Waals surface area contributed by atoms with Gasteiger partial charge in [-0.15, -0.1) is 0 Å². The first-order chi connectivity index (χ1) is 20.2. The van der Waals surface area contributed by atoms with E-state index in [1.54, 1.807) is 6.08 Å². The molecule has 6 aromatic rings. The molecule has 0 N–H and O–H groups in total. The Labute approximate surface area is 241 Å². The van der Waals surface area contributed by atoms with Gasteiger partial charge >= 0.3 is 0 Å². The Hall–Kier alpha value is -5.34. The summed E-state index contributed by atoms with van der Waals surface area (Å²) in [5, 5.41) is 2.49. The molecule has 0 spiro atoms. The van der Waals surface area contributed by atoms with Gasteiger partial charge < -0.3 is 0 Å². The second kappa shape index (κ2) is 11.8. The minimum atomic E-state index is 0.708. The molecular formula is C39H30N2. The molecule has 0 bridgehead atoms. The molecule has 0 radical (unpaired) electrons. The lowest BCUT2D eigenvalue weighted by Crippen LogP contribution is -1.96. The summed E-state index contributed by atoms with van der Waals surface area (Å²) >= 11 is 0. The predicted octanol–water partition coefficient (Wildman–Crippen LogP) is 10.4. The second-order valence-electron chi connectivity index (χ2n) is 9.89. The van der Waals surface area contributed by atoms with Crippen LogP contribution in [0.4, 0.5) is 0 Å². The summed E-state index contributed by atoms with van der Waals surface area (Å²) in [6, 6.07) is 44.5. The number of nitrogens with zero attached hydrogens (tertiary/aromatic N) is 2. The second-order valence-corrected chi connectivity index (χ2v) is 9.89.